The van der Waals surface area contributed by atoms with Gasteiger partial charge in [0.25, 0.3) is 0 Å². The van der Waals surface area contributed by atoms with Crippen LogP contribution in [0.2, 0.25) is 0 Å². The molecule has 1 fully saturated rings. The van der Waals surface area contributed by atoms with Crippen LogP contribution in [-0.4, -0.2) is 16.6 Å². The summed E-state index contributed by atoms with van der Waals surface area (Å²) in [4.78, 5) is 4.14. The molecule has 1 aromatic heterocycles. The van der Waals surface area contributed by atoms with E-state index in [1.165, 1.54) is 18.9 Å². The molecule has 0 radical (unpaired) electrons. The van der Waals surface area contributed by atoms with Crippen molar-refractivity contribution in [1.82, 2.24) is 14.9 Å². The van der Waals surface area contributed by atoms with E-state index in [1.807, 2.05) is 19.4 Å². The minimum absolute atomic E-state index is 0.286. The maximum absolute atomic E-state index is 13.9. The summed E-state index contributed by atoms with van der Waals surface area (Å²) in [7, 11) is 1.83. The standard InChI is InChI=1S/C15H18FN3O/c1-17-7-11-2-5-15(14(16)6-11)20-9-13-8-18-10-19(13)12-3-4-12/h2,5-6,8,10,12,17H,3-4,7,9H2,1H3. The van der Waals surface area contributed by atoms with E-state index < -0.39 is 0 Å². The number of ether oxygens (including phenoxy) is 1. The fourth-order valence-electron chi connectivity index (χ4n) is 2.25. The van der Waals surface area contributed by atoms with Gasteiger partial charge in [-0.05, 0) is 37.6 Å². The lowest BCUT2D eigenvalue weighted by atomic mass is 10.2. The summed E-state index contributed by atoms with van der Waals surface area (Å²) < 4.78 is 21.6. The van der Waals surface area contributed by atoms with Crippen LogP contribution in [0.3, 0.4) is 0 Å². The first-order valence-corrected chi connectivity index (χ1v) is 6.84. The summed E-state index contributed by atoms with van der Waals surface area (Å²) in [5, 5.41) is 2.99. The van der Waals surface area contributed by atoms with Crippen molar-refractivity contribution in [2.75, 3.05) is 7.05 Å². The van der Waals surface area contributed by atoms with Crippen molar-refractivity contribution in [3.63, 3.8) is 0 Å². The van der Waals surface area contributed by atoms with Crippen LogP contribution in [0, 0.1) is 5.82 Å². The third-order valence-corrected chi connectivity index (χ3v) is 3.44. The molecule has 5 heteroatoms. The maximum atomic E-state index is 13.9. The Bertz CT molecular complexity index is 593. The predicted octanol–water partition coefficient (Wildman–Crippen LogP) is 2.66. The Hall–Kier alpha value is -1.88. The minimum atomic E-state index is -0.324. The van der Waals surface area contributed by atoms with Gasteiger partial charge in [-0.3, -0.25) is 0 Å². The van der Waals surface area contributed by atoms with Crippen LogP contribution in [0.4, 0.5) is 4.39 Å². The molecule has 0 aliphatic heterocycles. The predicted molar refractivity (Wildman–Crippen MR) is 74.0 cm³/mol. The number of halogens is 1. The van der Waals surface area contributed by atoms with Gasteiger partial charge in [-0.15, -0.1) is 0 Å². The second kappa shape index (κ2) is 5.63. The van der Waals surface area contributed by atoms with E-state index in [0.717, 1.165) is 11.3 Å². The molecule has 0 saturated heterocycles. The Balaban J connectivity index is 1.67. The van der Waals surface area contributed by atoms with Crippen LogP contribution in [0.5, 0.6) is 5.75 Å². The Kier molecular flexibility index (Phi) is 3.69. The average molecular weight is 275 g/mol. The molecule has 1 saturated carbocycles. The van der Waals surface area contributed by atoms with Gasteiger partial charge in [-0.1, -0.05) is 6.07 Å². The van der Waals surface area contributed by atoms with E-state index in [1.54, 1.807) is 12.3 Å². The molecule has 0 amide bonds. The van der Waals surface area contributed by atoms with Crippen molar-refractivity contribution in [2.45, 2.75) is 32.0 Å². The van der Waals surface area contributed by atoms with Gasteiger partial charge in [0, 0.05) is 12.6 Å². The summed E-state index contributed by atoms with van der Waals surface area (Å²) in [6.45, 7) is 0.991. The Labute approximate surface area is 117 Å². The maximum Gasteiger partial charge on any atom is 0.165 e. The Morgan fingerprint density at radius 1 is 1.45 bits per heavy atom. The van der Waals surface area contributed by atoms with Gasteiger partial charge < -0.3 is 14.6 Å². The number of benzene rings is 1. The zero-order valence-corrected chi connectivity index (χ0v) is 11.5. The first-order valence-electron chi connectivity index (χ1n) is 6.84. The SMILES string of the molecule is CNCc1ccc(OCc2cncn2C2CC2)c(F)c1. The normalized spacial score (nSPS) is 14.5. The quantitative estimate of drug-likeness (QED) is 0.881. The molecule has 20 heavy (non-hydrogen) atoms. The molecule has 1 aliphatic rings. The van der Waals surface area contributed by atoms with Crippen LogP contribution in [0.25, 0.3) is 0 Å². The first-order chi connectivity index (χ1) is 9.78. The zero-order valence-electron chi connectivity index (χ0n) is 11.5. The molecule has 3 rings (SSSR count). The number of hydrogen-bond donors (Lipinski definition) is 1. The number of rotatable bonds is 6. The van der Waals surface area contributed by atoms with Crippen molar-refractivity contribution in [2.24, 2.45) is 0 Å². The molecule has 4 nitrogen and oxygen atoms in total. The van der Waals surface area contributed by atoms with Gasteiger partial charge in [0.2, 0.25) is 0 Å². The van der Waals surface area contributed by atoms with E-state index in [0.29, 0.717) is 19.2 Å². The van der Waals surface area contributed by atoms with Gasteiger partial charge >= 0.3 is 0 Å². The number of nitrogens with one attached hydrogen (secondary N) is 1. The average Bonchev–Trinajstić information content (AvgIpc) is 3.17. The minimum Gasteiger partial charge on any atom is -0.484 e. The van der Waals surface area contributed by atoms with Gasteiger partial charge in [0.15, 0.2) is 11.6 Å². The third-order valence-electron chi connectivity index (χ3n) is 3.44. The molecule has 0 atom stereocenters. The summed E-state index contributed by atoms with van der Waals surface area (Å²) >= 11 is 0. The molecular formula is C15H18FN3O. The lowest BCUT2D eigenvalue weighted by molar-refractivity contribution is 0.280. The first kappa shape index (κ1) is 13.1. The van der Waals surface area contributed by atoms with Crippen LogP contribution >= 0.6 is 0 Å². The molecular weight excluding hydrogens is 257 g/mol. The molecule has 1 N–H and O–H groups in total. The summed E-state index contributed by atoms with van der Waals surface area (Å²) in [5.74, 6) is -0.0383. The number of hydrogen-bond acceptors (Lipinski definition) is 3. The molecule has 0 unspecified atom stereocenters. The molecule has 106 valence electrons. The zero-order chi connectivity index (χ0) is 13.9. The number of imidazole rings is 1. The van der Waals surface area contributed by atoms with Crippen molar-refractivity contribution >= 4 is 0 Å². The van der Waals surface area contributed by atoms with Crippen LogP contribution in [0.1, 0.15) is 30.1 Å². The van der Waals surface area contributed by atoms with Crippen molar-refractivity contribution < 1.29 is 9.13 Å². The highest BCUT2D eigenvalue weighted by atomic mass is 19.1. The third kappa shape index (κ3) is 2.82. The molecule has 1 aliphatic carbocycles. The fourth-order valence-corrected chi connectivity index (χ4v) is 2.25. The van der Waals surface area contributed by atoms with Gasteiger partial charge in [0.1, 0.15) is 6.61 Å². The largest absolute Gasteiger partial charge is 0.484 e. The van der Waals surface area contributed by atoms with Crippen molar-refractivity contribution in [3.8, 4) is 5.75 Å². The van der Waals surface area contributed by atoms with E-state index in [2.05, 4.69) is 14.9 Å². The highest BCUT2D eigenvalue weighted by molar-refractivity contribution is 5.29. The second-order valence-electron chi connectivity index (χ2n) is 5.11. The summed E-state index contributed by atoms with van der Waals surface area (Å²) in [6, 6.07) is 5.61. The van der Waals surface area contributed by atoms with Gasteiger partial charge in [-0.2, -0.15) is 0 Å². The monoisotopic (exact) mass is 275 g/mol. The highest BCUT2D eigenvalue weighted by Crippen LogP contribution is 2.35. The summed E-state index contributed by atoms with van der Waals surface area (Å²) in [5.41, 5.74) is 1.89. The fraction of sp³-hybridized carbons (Fsp3) is 0.400. The lowest BCUT2D eigenvalue weighted by Crippen LogP contribution is -2.07. The van der Waals surface area contributed by atoms with Gasteiger partial charge in [0.05, 0.1) is 18.2 Å². The number of nitrogens with zero attached hydrogens (tertiary/aromatic N) is 2. The molecule has 1 heterocycles. The smallest absolute Gasteiger partial charge is 0.165 e. The molecule has 0 bridgehead atoms. The summed E-state index contributed by atoms with van der Waals surface area (Å²) in [6.07, 6.45) is 5.99. The van der Waals surface area contributed by atoms with Crippen LogP contribution in [0.15, 0.2) is 30.7 Å². The van der Waals surface area contributed by atoms with Crippen molar-refractivity contribution in [1.29, 1.82) is 0 Å². The second-order valence-corrected chi connectivity index (χ2v) is 5.11. The van der Waals surface area contributed by atoms with Crippen molar-refractivity contribution in [3.05, 3.63) is 47.8 Å². The van der Waals surface area contributed by atoms with E-state index in [-0.39, 0.29) is 11.6 Å². The topological polar surface area (TPSA) is 39.1 Å². The molecule has 1 aromatic carbocycles. The van der Waals surface area contributed by atoms with Gasteiger partial charge in [-0.25, -0.2) is 9.37 Å². The van der Waals surface area contributed by atoms with Crippen LogP contribution < -0.4 is 10.1 Å². The van der Waals surface area contributed by atoms with E-state index >= 15 is 0 Å². The van der Waals surface area contributed by atoms with E-state index in [9.17, 15) is 4.39 Å². The number of aromatic nitrogens is 2. The van der Waals surface area contributed by atoms with E-state index in [4.69, 9.17) is 4.74 Å². The lowest BCUT2D eigenvalue weighted by Gasteiger charge is -2.10. The molecule has 2 aromatic rings. The van der Waals surface area contributed by atoms with Crippen LogP contribution in [-0.2, 0) is 13.2 Å². The highest BCUT2D eigenvalue weighted by Gasteiger charge is 2.25. The molecule has 0 spiro atoms. The Morgan fingerprint density at radius 3 is 3.00 bits per heavy atom. The Morgan fingerprint density at radius 2 is 2.30 bits per heavy atom.